The molecule has 2 aromatic rings. The molecule has 2 N–H and O–H groups in total. The van der Waals surface area contributed by atoms with Crippen molar-refractivity contribution in [2.75, 3.05) is 13.1 Å². The van der Waals surface area contributed by atoms with E-state index in [0.717, 1.165) is 29.9 Å². The number of aromatic nitrogens is 1. The Labute approximate surface area is 153 Å². The molecule has 2 rings (SSSR count). The number of hydrogen-bond donors (Lipinski definition) is 1. The Hall–Kier alpha value is -1.92. The van der Waals surface area contributed by atoms with E-state index in [2.05, 4.69) is 22.1 Å². The number of aryl methyl sites for hydroxylation is 2. The summed E-state index contributed by atoms with van der Waals surface area (Å²) in [7, 11) is 0. The predicted octanol–water partition coefficient (Wildman–Crippen LogP) is 2.79. The molecule has 0 saturated heterocycles. The summed E-state index contributed by atoms with van der Waals surface area (Å²) < 4.78 is 2.20. The van der Waals surface area contributed by atoms with E-state index in [1.165, 1.54) is 4.88 Å². The van der Waals surface area contributed by atoms with Crippen LogP contribution in [0.25, 0.3) is 0 Å². The van der Waals surface area contributed by atoms with Crippen molar-refractivity contribution in [3.63, 3.8) is 0 Å². The fourth-order valence-electron chi connectivity index (χ4n) is 3.00. The van der Waals surface area contributed by atoms with Crippen molar-refractivity contribution in [2.24, 2.45) is 5.73 Å². The maximum Gasteiger partial charge on any atom is 0.231 e. The van der Waals surface area contributed by atoms with Gasteiger partial charge in [0.2, 0.25) is 5.91 Å². The van der Waals surface area contributed by atoms with Gasteiger partial charge in [0, 0.05) is 34.4 Å². The first kappa shape index (κ1) is 19.4. The number of primary amides is 1. The molecule has 2 heterocycles. The lowest BCUT2D eigenvalue weighted by Crippen LogP contribution is -2.41. The number of rotatable bonds is 9. The molecular formula is C19H27N3O2S. The number of nitrogens with zero attached hydrogens (tertiary/aromatic N) is 2. The molecule has 136 valence electrons. The van der Waals surface area contributed by atoms with E-state index < -0.39 is 5.91 Å². The Morgan fingerprint density at radius 2 is 2.00 bits per heavy atom. The zero-order valence-electron chi connectivity index (χ0n) is 15.4. The molecule has 0 radical (unpaired) electrons. The third kappa shape index (κ3) is 5.03. The van der Waals surface area contributed by atoms with E-state index in [-0.39, 0.29) is 24.9 Å². The van der Waals surface area contributed by atoms with E-state index in [1.807, 2.05) is 38.7 Å². The molecule has 6 heteroatoms. The molecule has 0 aliphatic carbocycles. The monoisotopic (exact) mass is 361 g/mol. The van der Waals surface area contributed by atoms with Crippen molar-refractivity contribution in [1.29, 1.82) is 0 Å². The number of carbonyl (C=O) groups excluding carboxylic acids is 2. The lowest BCUT2D eigenvalue weighted by atomic mass is 10.1. The second-order valence-corrected chi connectivity index (χ2v) is 7.69. The summed E-state index contributed by atoms with van der Waals surface area (Å²) in [6.07, 6.45) is 0.960. The van der Waals surface area contributed by atoms with Gasteiger partial charge in [0.1, 0.15) is 0 Å². The summed E-state index contributed by atoms with van der Waals surface area (Å²) in [6, 6.07) is 6.23. The van der Waals surface area contributed by atoms with Crippen LogP contribution in [0.15, 0.2) is 23.6 Å². The first-order valence-corrected chi connectivity index (χ1v) is 9.42. The summed E-state index contributed by atoms with van der Waals surface area (Å²) in [6.45, 7) is 9.10. The second kappa shape index (κ2) is 8.45. The molecule has 0 unspecified atom stereocenters. The molecule has 0 atom stereocenters. The summed E-state index contributed by atoms with van der Waals surface area (Å²) in [5, 5.41) is 2.08. The first-order valence-electron chi connectivity index (χ1n) is 8.54. The standard InChI is InChI=1S/C19H27N3O2S/c1-13(2)21(12-19(20)24)11-18(23)17-10-14(3)22(15(17)4)8-7-16-6-5-9-25-16/h5-6,9-10,13H,7-8,11-12H2,1-4H3,(H2,20,24). The largest absolute Gasteiger partial charge is 0.369 e. The quantitative estimate of drug-likeness (QED) is 0.698. The number of Topliss-reactive ketones (excluding diaryl/α,β-unsaturated/α-hetero) is 1. The fourth-order valence-corrected chi connectivity index (χ4v) is 3.69. The number of nitrogens with two attached hydrogens (primary N) is 1. The normalized spacial score (nSPS) is 11.4. The van der Waals surface area contributed by atoms with E-state index in [0.29, 0.717) is 0 Å². The lowest BCUT2D eigenvalue weighted by molar-refractivity contribution is -0.119. The summed E-state index contributed by atoms with van der Waals surface area (Å²) in [5.41, 5.74) is 8.10. The van der Waals surface area contributed by atoms with E-state index in [1.54, 1.807) is 11.3 Å². The highest BCUT2D eigenvalue weighted by molar-refractivity contribution is 7.09. The molecule has 2 aromatic heterocycles. The third-order valence-electron chi connectivity index (χ3n) is 4.47. The van der Waals surface area contributed by atoms with Gasteiger partial charge >= 0.3 is 0 Å². The van der Waals surface area contributed by atoms with Crippen LogP contribution < -0.4 is 5.73 Å². The number of amides is 1. The van der Waals surface area contributed by atoms with Gasteiger partial charge < -0.3 is 10.3 Å². The maximum absolute atomic E-state index is 12.8. The van der Waals surface area contributed by atoms with Gasteiger partial charge in [0.25, 0.3) is 0 Å². The number of hydrogen-bond acceptors (Lipinski definition) is 4. The smallest absolute Gasteiger partial charge is 0.231 e. The highest BCUT2D eigenvalue weighted by atomic mass is 32.1. The number of thiophene rings is 1. The molecule has 0 spiro atoms. The molecule has 1 amide bonds. The molecule has 0 aliphatic rings. The van der Waals surface area contributed by atoms with Crippen molar-refractivity contribution in [3.8, 4) is 0 Å². The second-order valence-electron chi connectivity index (χ2n) is 6.65. The average molecular weight is 362 g/mol. The summed E-state index contributed by atoms with van der Waals surface area (Å²) >= 11 is 1.75. The molecule has 5 nitrogen and oxygen atoms in total. The summed E-state index contributed by atoms with van der Waals surface area (Å²) in [4.78, 5) is 27.1. The predicted molar refractivity (Wildman–Crippen MR) is 102 cm³/mol. The van der Waals surface area contributed by atoms with Crippen LogP contribution in [0.1, 0.15) is 40.5 Å². The van der Waals surface area contributed by atoms with Crippen molar-refractivity contribution in [2.45, 2.75) is 46.7 Å². The van der Waals surface area contributed by atoms with Gasteiger partial charge in [-0.2, -0.15) is 0 Å². The van der Waals surface area contributed by atoms with Gasteiger partial charge in [-0.25, -0.2) is 0 Å². The van der Waals surface area contributed by atoms with Crippen LogP contribution in [0.4, 0.5) is 0 Å². The van der Waals surface area contributed by atoms with Crippen LogP contribution in [0.2, 0.25) is 0 Å². The lowest BCUT2D eigenvalue weighted by Gasteiger charge is -2.24. The van der Waals surface area contributed by atoms with Gasteiger partial charge in [0.15, 0.2) is 5.78 Å². The van der Waals surface area contributed by atoms with Gasteiger partial charge in [0.05, 0.1) is 13.1 Å². The highest BCUT2D eigenvalue weighted by Gasteiger charge is 2.21. The van der Waals surface area contributed by atoms with Crippen LogP contribution >= 0.6 is 11.3 Å². The highest BCUT2D eigenvalue weighted by Crippen LogP contribution is 2.19. The van der Waals surface area contributed by atoms with E-state index >= 15 is 0 Å². The molecular weight excluding hydrogens is 334 g/mol. The van der Waals surface area contributed by atoms with Crippen LogP contribution in [0.3, 0.4) is 0 Å². The van der Waals surface area contributed by atoms with Crippen LogP contribution in [0.5, 0.6) is 0 Å². The van der Waals surface area contributed by atoms with E-state index in [9.17, 15) is 9.59 Å². The van der Waals surface area contributed by atoms with Gasteiger partial charge in [-0.3, -0.25) is 14.5 Å². The topological polar surface area (TPSA) is 68.3 Å². The third-order valence-corrected chi connectivity index (χ3v) is 5.41. The van der Waals surface area contributed by atoms with Crippen molar-refractivity contribution in [3.05, 3.63) is 45.4 Å². The van der Waals surface area contributed by atoms with E-state index in [4.69, 9.17) is 5.73 Å². The Morgan fingerprint density at radius 1 is 1.28 bits per heavy atom. The molecule has 0 aromatic carbocycles. The fraction of sp³-hybridized carbons (Fsp3) is 0.474. The number of carbonyl (C=O) groups is 2. The first-order chi connectivity index (χ1) is 11.8. The Kier molecular flexibility index (Phi) is 6.56. The Balaban J connectivity index is 2.11. The van der Waals surface area contributed by atoms with Crippen molar-refractivity contribution in [1.82, 2.24) is 9.47 Å². The summed E-state index contributed by atoms with van der Waals surface area (Å²) in [5.74, 6) is -0.381. The zero-order valence-corrected chi connectivity index (χ0v) is 16.2. The van der Waals surface area contributed by atoms with Crippen molar-refractivity contribution < 1.29 is 9.59 Å². The van der Waals surface area contributed by atoms with Crippen LogP contribution in [0, 0.1) is 13.8 Å². The SMILES string of the molecule is Cc1cc(C(=O)CN(CC(N)=O)C(C)C)c(C)n1CCc1cccs1. The van der Waals surface area contributed by atoms with Crippen molar-refractivity contribution >= 4 is 23.0 Å². The van der Waals surface area contributed by atoms with Crippen LogP contribution in [-0.2, 0) is 17.8 Å². The Morgan fingerprint density at radius 3 is 2.56 bits per heavy atom. The molecule has 0 aliphatic heterocycles. The Bertz CT molecular complexity index is 732. The minimum Gasteiger partial charge on any atom is -0.369 e. The number of ketones is 1. The molecule has 25 heavy (non-hydrogen) atoms. The molecule has 0 fully saturated rings. The molecule has 0 saturated carbocycles. The zero-order chi connectivity index (χ0) is 18.6. The maximum atomic E-state index is 12.8. The van der Waals surface area contributed by atoms with Crippen LogP contribution in [-0.4, -0.2) is 40.3 Å². The average Bonchev–Trinajstić information content (AvgIpc) is 3.13. The van der Waals surface area contributed by atoms with Gasteiger partial charge in [-0.15, -0.1) is 11.3 Å². The molecule has 0 bridgehead atoms. The van der Waals surface area contributed by atoms with Gasteiger partial charge in [-0.1, -0.05) is 6.07 Å². The van der Waals surface area contributed by atoms with Gasteiger partial charge in [-0.05, 0) is 51.6 Å². The minimum absolute atomic E-state index is 0.0328. The minimum atomic E-state index is -0.414.